The summed E-state index contributed by atoms with van der Waals surface area (Å²) in [6, 6.07) is 7.95. The highest BCUT2D eigenvalue weighted by Crippen LogP contribution is 2.30. The summed E-state index contributed by atoms with van der Waals surface area (Å²) in [4.78, 5) is 13.9. The molecule has 0 aromatic heterocycles. The molecular weight excluding hydrogens is 304 g/mol. The van der Waals surface area contributed by atoms with Crippen LogP contribution in [0, 0.1) is 5.92 Å². The normalized spacial score (nSPS) is 19.2. The summed E-state index contributed by atoms with van der Waals surface area (Å²) in [6.45, 7) is 10.5. The van der Waals surface area contributed by atoms with Crippen LogP contribution in [0.3, 0.4) is 0 Å². The zero-order valence-corrected chi connectivity index (χ0v) is 15.2. The number of rotatable bonds is 5. The predicted molar refractivity (Wildman–Crippen MR) is 95.4 cm³/mol. The number of aliphatic hydroxyl groups is 1. The monoisotopic (exact) mass is 334 g/mol. The van der Waals surface area contributed by atoms with Crippen LogP contribution in [-0.2, 0) is 5.41 Å². The Kier molecular flexibility index (Phi) is 6.10. The molecule has 2 N–H and O–H groups in total. The largest absolute Gasteiger partial charge is 0.491 e. The second-order valence-electron chi connectivity index (χ2n) is 7.56. The van der Waals surface area contributed by atoms with Gasteiger partial charge in [-0.2, -0.15) is 0 Å². The van der Waals surface area contributed by atoms with Crippen LogP contribution in [0.15, 0.2) is 24.3 Å². The Hall–Kier alpha value is -1.75. The minimum Gasteiger partial charge on any atom is -0.491 e. The van der Waals surface area contributed by atoms with Crippen LogP contribution in [0.1, 0.15) is 39.7 Å². The number of hydrogen-bond donors (Lipinski definition) is 2. The third-order valence-electron chi connectivity index (χ3n) is 4.53. The molecule has 24 heavy (non-hydrogen) atoms. The van der Waals surface area contributed by atoms with Crippen LogP contribution in [0.5, 0.6) is 5.75 Å². The number of carbonyl (C=O) groups is 1. The smallest absolute Gasteiger partial charge is 0.317 e. The quantitative estimate of drug-likeness (QED) is 0.814. The lowest BCUT2D eigenvalue weighted by Gasteiger charge is -2.23. The first-order chi connectivity index (χ1) is 11.3. The minimum absolute atomic E-state index is 0.0192. The number of urea groups is 1. The summed E-state index contributed by atoms with van der Waals surface area (Å²) < 4.78 is 5.86. The Morgan fingerprint density at radius 1 is 1.42 bits per heavy atom. The van der Waals surface area contributed by atoms with Crippen LogP contribution in [-0.4, -0.2) is 48.4 Å². The number of likely N-dealkylation sites (tertiary alicyclic amines) is 1. The van der Waals surface area contributed by atoms with Gasteiger partial charge in [-0.05, 0) is 30.4 Å². The first-order valence-corrected chi connectivity index (χ1v) is 8.72. The van der Waals surface area contributed by atoms with Gasteiger partial charge in [0.05, 0.1) is 12.6 Å². The average Bonchev–Trinajstić information content (AvgIpc) is 3.01. The summed E-state index contributed by atoms with van der Waals surface area (Å²) in [6.07, 6.45) is 0.501. The topological polar surface area (TPSA) is 61.8 Å². The number of para-hydroxylation sites is 1. The number of hydrogen-bond acceptors (Lipinski definition) is 3. The Morgan fingerprint density at radius 2 is 2.12 bits per heavy atom. The summed E-state index contributed by atoms with van der Waals surface area (Å²) in [5.41, 5.74) is 1.18. The van der Waals surface area contributed by atoms with E-state index < -0.39 is 0 Å². The molecule has 1 aromatic rings. The van der Waals surface area contributed by atoms with Gasteiger partial charge in [-0.3, -0.25) is 0 Å². The number of ether oxygens (including phenoxy) is 1. The van der Waals surface area contributed by atoms with Crippen LogP contribution in [0.25, 0.3) is 0 Å². The Labute approximate surface area is 145 Å². The van der Waals surface area contributed by atoms with Crippen molar-refractivity contribution in [2.45, 2.75) is 45.6 Å². The van der Waals surface area contributed by atoms with Crippen molar-refractivity contribution in [3.05, 3.63) is 29.8 Å². The SMILES string of the molecule is C[C@@H](O)[C@H]1CCN(C(=O)NCCOc2ccccc2C(C)(C)C)C1. The van der Waals surface area contributed by atoms with Gasteiger partial charge in [-0.1, -0.05) is 39.0 Å². The molecule has 1 heterocycles. The van der Waals surface area contributed by atoms with E-state index in [1.54, 1.807) is 11.8 Å². The first kappa shape index (κ1) is 18.6. The van der Waals surface area contributed by atoms with Crippen molar-refractivity contribution in [1.82, 2.24) is 10.2 Å². The fourth-order valence-corrected chi connectivity index (χ4v) is 3.01. The van der Waals surface area contributed by atoms with E-state index >= 15 is 0 Å². The summed E-state index contributed by atoms with van der Waals surface area (Å²) in [7, 11) is 0. The standard InChI is InChI=1S/C19H30N2O3/c1-14(22)15-9-11-21(13-15)18(23)20-10-12-24-17-8-6-5-7-16(17)19(2,3)4/h5-8,14-15,22H,9-13H2,1-4H3,(H,20,23)/t14-,15+/m1/s1. The van der Waals surface area contributed by atoms with Crippen molar-refractivity contribution >= 4 is 6.03 Å². The van der Waals surface area contributed by atoms with Gasteiger partial charge < -0.3 is 20.1 Å². The van der Waals surface area contributed by atoms with Gasteiger partial charge in [0.2, 0.25) is 0 Å². The lowest BCUT2D eigenvalue weighted by molar-refractivity contribution is 0.129. The maximum atomic E-state index is 12.1. The van der Waals surface area contributed by atoms with Crippen LogP contribution in [0.4, 0.5) is 4.79 Å². The molecule has 0 bridgehead atoms. The average molecular weight is 334 g/mol. The zero-order chi connectivity index (χ0) is 17.7. The molecule has 0 saturated carbocycles. The lowest BCUT2D eigenvalue weighted by atomic mass is 9.86. The second-order valence-corrected chi connectivity index (χ2v) is 7.56. The molecule has 5 heteroatoms. The second kappa shape index (κ2) is 7.88. The van der Waals surface area contributed by atoms with Gasteiger partial charge in [-0.25, -0.2) is 4.79 Å². The van der Waals surface area contributed by atoms with Crippen LogP contribution >= 0.6 is 0 Å². The molecule has 1 aliphatic rings. The molecule has 134 valence electrons. The molecule has 5 nitrogen and oxygen atoms in total. The highest BCUT2D eigenvalue weighted by molar-refractivity contribution is 5.74. The highest BCUT2D eigenvalue weighted by atomic mass is 16.5. The molecule has 1 aliphatic heterocycles. The van der Waals surface area contributed by atoms with Crippen LogP contribution in [0.2, 0.25) is 0 Å². The fourth-order valence-electron chi connectivity index (χ4n) is 3.01. The van der Waals surface area contributed by atoms with Crippen molar-refractivity contribution in [3.8, 4) is 5.75 Å². The zero-order valence-electron chi connectivity index (χ0n) is 15.2. The molecule has 1 saturated heterocycles. The third-order valence-corrected chi connectivity index (χ3v) is 4.53. The minimum atomic E-state index is -0.361. The lowest BCUT2D eigenvalue weighted by Crippen LogP contribution is -2.40. The summed E-state index contributed by atoms with van der Waals surface area (Å²) >= 11 is 0. The Morgan fingerprint density at radius 3 is 2.75 bits per heavy atom. The third kappa shape index (κ3) is 4.87. The molecule has 0 aliphatic carbocycles. The van der Waals surface area contributed by atoms with Gasteiger partial charge in [0.1, 0.15) is 12.4 Å². The molecule has 0 unspecified atom stereocenters. The van der Waals surface area contributed by atoms with Crippen molar-refractivity contribution in [2.75, 3.05) is 26.2 Å². The molecule has 0 spiro atoms. The van der Waals surface area contributed by atoms with Crippen molar-refractivity contribution in [2.24, 2.45) is 5.92 Å². The molecule has 2 amide bonds. The van der Waals surface area contributed by atoms with Crippen LogP contribution < -0.4 is 10.1 Å². The Balaban J connectivity index is 1.77. The number of carbonyl (C=O) groups excluding carboxylic acids is 1. The number of benzene rings is 1. The van der Waals surface area contributed by atoms with E-state index in [0.29, 0.717) is 26.2 Å². The predicted octanol–water partition coefficient (Wildman–Crippen LogP) is 2.78. The van der Waals surface area contributed by atoms with Gasteiger partial charge in [0.15, 0.2) is 0 Å². The summed E-state index contributed by atoms with van der Waals surface area (Å²) in [5, 5.41) is 12.5. The van der Waals surface area contributed by atoms with E-state index in [9.17, 15) is 9.90 Å². The number of nitrogens with zero attached hydrogens (tertiary/aromatic N) is 1. The highest BCUT2D eigenvalue weighted by Gasteiger charge is 2.28. The molecule has 1 fully saturated rings. The number of aliphatic hydroxyl groups excluding tert-OH is 1. The fraction of sp³-hybridized carbons (Fsp3) is 0.632. The summed E-state index contributed by atoms with van der Waals surface area (Å²) in [5.74, 6) is 1.06. The van der Waals surface area contributed by atoms with Gasteiger partial charge in [0.25, 0.3) is 0 Å². The van der Waals surface area contributed by atoms with Crippen molar-refractivity contribution in [1.29, 1.82) is 0 Å². The molecule has 0 radical (unpaired) electrons. The number of amides is 2. The molecule has 1 aromatic carbocycles. The Bertz CT molecular complexity index is 552. The number of nitrogens with one attached hydrogen (secondary N) is 1. The maximum Gasteiger partial charge on any atom is 0.317 e. The van der Waals surface area contributed by atoms with E-state index in [0.717, 1.165) is 17.7 Å². The van der Waals surface area contributed by atoms with E-state index in [2.05, 4.69) is 32.2 Å². The van der Waals surface area contributed by atoms with Gasteiger partial charge >= 0.3 is 6.03 Å². The maximum absolute atomic E-state index is 12.1. The molecule has 2 rings (SSSR count). The van der Waals surface area contributed by atoms with E-state index in [1.165, 1.54) is 0 Å². The first-order valence-electron chi connectivity index (χ1n) is 8.72. The van der Waals surface area contributed by atoms with Crippen molar-refractivity contribution < 1.29 is 14.6 Å². The molecular formula is C19H30N2O3. The van der Waals surface area contributed by atoms with Gasteiger partial charge in [-0.15, -0.1) is 0 Å². The van der Waals surface area contributed by atoms with Crippen molar-refractivity contribution in [3.63, 3.8) is 0 Å². The van der Waals surface area contributed by atoms with E-state index in [1.807, 2.05) is 18.2 Å². The van der Waals surface area contributed by atoms with E-state index in [4.69, 9.17) is 4.74 Å². The van der Waals surface area contributed by atoms with Gasteiger partial charge in [0, 0.05) is 19.0 Å². The van der Waals surface area contributed by atoms with E-state index in [-0.39, 0.29) is 23.5 Å². The molecule has 2 atom stereocenters.